The van der Waals surface area contributed by atoms with E-state index in [0.717, 1.165) is 15.8 Å². The lowest BCUT2D eigenvalue weighted by atomic mass is 10.2. The van der Waals surface area contributed by atoms with E-state index in [4.69, 9.17) is 11.6 Å². The van der Waals surface area contributed by atoms with E-state index in [0.29, 0.717) is 12.0 Å². The van der Waals surface area contributed by atoms with E-state index >= 15 is 0 Å². The quantitative estimate of drug-likeness (QED) is 0.848. The van der Waals surface area contributed by atoms with Crippen LogP contribution in [0.4, 0.5) is 0 Å². The second kappa shape index (κ2) is 5.05. The van der Waals surface area contributed by atoms with Gasteiger partial charge in [0, 0.05) is 18.8 Å². The van der Waals surface area contributed by atoms with Crippen LogP contribution in [0.3, 0.4) is 0 Å². The molecule has 0 aromatic carbocycles. The minimum atomic E-state index is -0.504. The number of nitrogens with zero attached hydrogens (tertiary/aromatic N) is 3. The highest BCUT2D eigenvalue weighted by atomic mass is 35.5. The van der Waals surface area contributed by atoms with E-state index in [9.17, 15) is 9.59 Å². The second-order valence-electron chi connectivity index (χ2n) is 4.38. The van der Waals surface area contributed by atoms with Crippen molar-refractivity contribution in [3.05, 3.63) is 49.0 Å². The maximum Gasteiger partial charge on any atom is 0.329 e. The van der Waals surface area contributed by atoms with E-state index in [1.807, 2.05) is 13.8 Å². The maximum atomic E-state index is 12.2. The van der Waals surface area contributed by atoms with Gasteiger partial charge in [0.15, 0.2) is 0 Å². The molecular weight excluding hydrogens is 268 g/mol. The third kappa shape index (κ3) is 2.49. The average Bonchev–Trinajstić information content (AvgIpc) is 2.63. The third-order valence-corrected chi connectivity index (χ3v) is 3.35. The number of H-pyrrole nitrogens is 1. The molecule has 2 rings (SSSR count). The normalized spacial score (nSPS) is 10.9. The Labute approximate surface area is 114 Å². The summed E-state index contributed by atoms with van der Waals surface area (Å²) >= 11 is 5.86. The molecule has 0 spiro atoms. The Morgan fingerprint density at radius 3 is 2.63 bits per heavy atom. The molecule has 0 atom stereocenters. The summed E-state index contributed by atoms with van der Waals surface area (Å²) in [6, 6.07) is 0. The molecule has 0 fully saturated rings. The van der Waals surface area contributed by atoms with Gasteiger partial charge < -0.3 is 0 Å². The molecule has 0 saturated carbocycles. The molecule has 102 valence electrons. The molecular formula is C12H15ClN4O2. The Balaban J connectivity index is 2.55. The van der Waals surface area contributed by atoms with Gasteiger partial charge in [-0.15, -0.1) is 0 Å². The minimum Gasteiger partial charge on any atom is -0.297 e. The number of hydrogen-bond donors (Lipinski definition) is 1. The lowest BCUT2D eigenvalue weighted by Gasteiger charge is -2.07. The van der Waals surface area contributed by atoms with Crippen molar-refractivity contribution in [2.24, 2.45) is 7.05 Å². The minimum absolute atomic E-state index is 0.122. The van der Waals surface area contributed by atoms with Crippen molar-refractivity contribution in [1.82, 2.24) is 19.3 Å². The highest BCUT2D eigenvalue weighted by molar-refractivity contribution is 6.30. The standard InChI is InChI=1S/C12H15ClN4O2/c1-4-9-10(13)14-12(19)17(11(9)18)6-8-5-16(3)15-7(8)2/h5H,4,6H2,1-3H3,(H,14,19). The summed E-state index contributed by atoms with van der Waals surface area (Å²) in [6.45, 7) is 3.85. The summed E-state index contributed by atoms with van der Waals surface area (Å²) in [5.74, 6) is 0. The molecule has 7 heteroatoms. The van der Waals surface area contributed by atoms with Gasteiger partial charge in [-0.2, -0.15) is 5.10 Å². The van der Waals surface area contributed by atoms with Gasteiger partial charge in [-0.3, -0.25) is 19.0 Å². The molecule has 2 aromatic rings. The zero-order valence-electron chi connectivity index (χ0n) is 11.0. The second-order valence-corrected chi connectivity index (χ2v) is 4.76. The van der Waals surface area contributed by atoms with Gasteiger partial charge in [-0.25, -0.2) is 4.79 Å². The summed E-state index contributed by atoms with van der Waals surface area (Å²) in [5.41, 5.74) is 1.19. The molecule has 0 aliphatic carbocycles. The highest BCUT2D eigenvalue weighted by Crippen LogP contribution is 2.08. The van der Waals surface area contributed by atoms with Crippen LogP contribution in [0.1, 0.15) is 23.7 Å². The van der Waals surface area contributed by atoms with Gasteiger partial charge in [0.2, 0.25) is 0 Å². The summed E-state index contributed by atoms with van der Waals surface area (Å²) in [7, 11) is 1.79. The van der Waals surface area contributed by atoms with E-state index in [1.54, 1.807) is 17.9 Å². The van der Waals surface area contributed by atoms with E-state index in [1.165, 1.54) is 0 Å². The molecule has 0 radical (unpaired) electrons. The van der Waals surface area contributed by atoms with Crippen molar-refractivity contribution in [2.75, 3.05) is 0 Å². The first kappa shape index (κ1) is 13.6. The molecule has 0 aliphatic heterocycles. The third-order valence-electron chi connectivity index (χ3n) is 3.03. The number of aryl methyl sites for hydroxylation is 2. The Hall–Kier alpha value is -1.82. The Kier molecular flexibility index (Phi) is 3.61. The average molecular weight is 283 g/mol. The largest absolute Gasteiger partial charge is 0.329 e. The van der Waals surface area contributed by atoms with Crippen LogP contribution >= 0.6 is 11.6 Å². The first-order chi connectivity index (χ1) is 8.93. The van der Waals surface area contributed by atoms with Crippen LogP contribution in [0.25, 0.3) is 0 Å². The fourth-order valence-corrected chi connectivity index (χ4v) is 2.31. The summed E-state index contributed by atoms with van der Waals surface area (Å²) in [6.07, 6.45) is 2.27. The van der Waals surface area contributed by atoms with Gasteiger partial charge in [-0.1, -0.05) is 18.5 Å². The molecule has 2 heterocycles. The number of aromatic amines is 1. The van der Waals surface area contributed by atoms with Crippen molar-refractivity contribution in [3.8, 4) is 0 Å². The molecule has 0 amide bonds. The number of halogens is 1. The van der Waals surface area contributed by atoms with Gasteiger partial charge in [-0.05, 0) is 13.3 Å². The summed E-state index contributed by atoms with van der Waals surface area (Å²) < 4.78 is 2.80. The van der Waals surface area contributed by atoms with Crippen molar-refractivity contribution in [3.63, 3.8) is 0 Å². The molecule has 0 unspecified atom stereocenters. The van der Waals surface area contributed by atoms with Crippen LogP contribution in [0, 0.1) is 6.92 Å². The topological polar surface area (TPSA) is 72.7 Å². The highest BCUT2D eigenvalue weighted by Gasteiger charge is 2.13. The number of rotatable bonds is 3. The molecule has 0 aliphatic rings. The van der Waals surface area contributed by atoms with Gasteiger partial charge in [0.1, 0.15) is 5.15 Å². The summed E-state index contributed by atoms with van der Waals surface area (Å²) in [5, 5.41) is 4.31. The van der Waals surface area contributed by atoms with Gasteiger partial charge in [0.25, 0.3) is 5.56 Å². The van der Waals surface area contributed by atoms with E-state index in [2.05, 4.69) is 10.1 Å². The van der Waals surface area contributed by atoms with Crippen molar-refractivity contribution in [1.29, 1.82) is 0 Å². The molecule has 0 bridgehead atoms. The van der Waals surface area contributed by atoms with E-state index < -0.39 is 5.69 Å². The molecule has 2 aromatic heterocycles. The van der Waals surface area contributed by atoms with Crippen molar-refractivity contribution in [2.45, 2.75) is 26.8 Å². The van der Waals surface area contributed by atoms with Crippen LogP contribution in [0.15, 0.2) is 15.8 Å². The Morgan fingerprint density at radius 1 is 1.42 bits per heavy atom. The molecule has 0 saturated heterocycles. The number of aromatic nitrogens is 4. The van der Waals surface area contributed by atoms with Crippen LogP contribution in [-0.4, -0.2) is 19.3 Å². The van der Waals surface area contributed by atoms with Gasteiger partial charge in [0.05, 0.1) is 17.8 Å². The monoisotopic (exact) mass is 282 g/mol. The molecule has 6 nitrogen and oxygen atoms in total. The van der Waals surface area contributed by atoms with Crippen LogP contribution < -0.4 is 11.2 Å². The predicted octanol–water partition coefficient (Wildman–Crippen LogP) is 0.843. The smallest absolute Gasteiger partial charge is 0.297 e. The van der Waals surface area contributed by atoms with Crippen molar-refractivity contribution < 1.29 is 0 Å². The fourth-order valence-electron chi connectivity index (χ4n) is 2.01. The number of nitrogens with one attached hydrogen (secondary N) is 1. The van der Waals surface area contributed by atoms with Crippen LogP contribution in [0.5, 0.6) is 0 Å². The molecule has 1 N–H and O–H groups in total. The lowest BCUT2D eigenvalue weighted by molar-refractivity contribution is 0.683. The van der Waals surface area contributed by atoms with Crippen LogP contribution in [0.2, 0.25) is 5.15 Å². The SMILES string of the molecule is CCc1c(Cl)[nH]c(=O)n(Cc2cn(C)nc2C)c1=O. The van der Waals surface area contributed by atoms with Crippen molar-refractivity contribution >= 4 is 11.6 Å². The maximum absolute atomic E-state index is 12.2. The Bertz CT molecular complexity index is 726. The predicted molar refractivity (Wildman–Crippen MR) is 72.8 cm³/mol. The Morgan fingerprint density at radius 2 is 2.11 bits per heavy atom. The first-order valence-electron chi connectivity index (χ1n) is 5.94. The molecule has 19 heavy (non-hydrogen) atoms. The van der Waals surface area contributed by atoms with E-state index in [-0.39, 0.29) is 17.3 Å². The number of hydrogen-bond acceptors (Lipinski definition) is 3. The zero-order valence-corrected chi connectivity index (χ0v) is 11.8. The fraction of sp³-hybridized carbons (Fsp3) is 0.417. The lowest BCUT2D eigenvalue weighted by Crippen LogP contribution is -2.37. The first-order valence-corrected chi connectivity index (χ1v) is 6.32. The van der Waals surface area contributed by atoms with Gasteiger partial charge >= 0.3 is 5.69 Å². The zero-order chi connectivity index (χ0) is 14.2. The van der Waals surface area contributed by atoms with Crippen LogP contribution in [-0.2, 0) is 20.0 Å². The summed E-state index contributed by atoms with van der Waals surface area (Å²) in [4.78, 5) is 26.5.